The van der Waals surface area contributed by atoms with E-state index in [-0.39, 0.29) is 6.03 Å². The Morgan fingerprint density at radius 2 is 2.27 bits per heavy atom. The van der Waals surface area contributed by atoms with Gasteiger partial charge < -0.3 is 16.0 Å². The molecule has 4 nitrogen and oxygen atoms in total. The SMILES string of the molecule is CCN(C)C(=O)Nc1cc(N)ccc1Br. The Balaban J connectivity index is 2.80. The van der Waals surface area contributed by atoms with E-state index in [4.69, 9.17) is 5.73 Å². The van der Waals surface area contributed by atoms with E-state index in [9.17, 15) is 4.79 Å². The van der Waals surface area contributed by atoms with E-state index in [0.29, 0.717) is 17.9 Å². The fourth-order valence-corrected chi connectivity index (χ4v) is 1.34. The van der Waals surface area contributed by atoms with Crippen LogP contribution in [0.3, 0.4) is 0 Å². The van der Waals surface area contributed by atoms with Crippen molar-refractivity contribution in [1.82, 2.24) is 4.90 Å². The Kier molecular flexibility index (Phi) is 3.96. The van der Waals surface area contributed by atoms with Crippen LogP contribution in [-0.4, -0.2) is 24.5 Å². The zero-order chi connectivity index (χ0) is 11.4. The number of amides is 2. The Morgan fingerprint density at radius 1 is 1.60 bits per heavy atom. The molecule has 0 unspecified atom stereocenters. The molecule has 0 saturated heterocycles. The lowest BCUT2D eigenvalue weighted by Gasteiger charge is -2.16. The molecular weight excluding hydrogens is 258 g/mol. The zero-order valence-corrected chi connectivity index (χ0v) is 10.3. The Labute approximate surface area is 97.6 Å². The largest absolute Gasteiger partial charge is 0.399 e. The van der Waals surface area contributed by atoms with Gasteiger partial charge in [0.25, 0.3) is 0 Å². The van der Waals surface area contributed by atoms with Gasteiger partial charge in [0.05, 0.1) is 5.69 Å². The first-order chi connectivity index (χ1) is 7.04. The van der Waals surface area contributed by atoms with Crippen LogP contribution in [0.4, 0.5) is 16.2 Å². The van der Waals surface area contributed by atoms with E-state index >= 15 is 0 Å². The normalized spacial score (nSPS) is 9.80. The number of anilines is 2. The van der Waals surface area contributed by atoms with Crippen LogP contribution in [0.25, 0.3) is 0 Å². The molecule has 0 aliphatic carbocycles. The quantitative estimate of drug-likeness (QED) is 0.813. The number of benzene rings is 1. The molecule has 82 valence electrons. The second-order valence-corrected chi connectivity index (χ2v) is 4.04. The lowest BCUT2D eigenvalue weighted by atomic mass is 10.3. The fraction of sp³-hybridized carbons (Fsp3) is 0.300. The third kappa shape index (κ3) is 3.13. The first-order valence-corrected chi connectivity index (χ1v) is 5.41. The molecule has 0 bridgehead atoms. The molecule has 2 amide bonds. The Hall–Kier alpha value is -1.23. The van der Waals surface area contributed by atoms with E-state index in [1.165, 1.54) is 0 Å². The van der Waals surface area contributed by atoms with Crippen LogP contribution >= 0.6 is 15.9 Å². The summed E-state index contributed by atoms with van der Waals surface area (Å²) in [4.78, 5) is 13.1. The molecule has 0 heterocycles. The monoisotopic (exact) mass is 271 g/mol. The molecule has 0 saturated carbocycles. The van der Waals surface area contributed by atoms with Crippen LogP contribution in [0, 0.1) is 0 Å². The predicted octanol–water partition coefficient (Wildman–Crippen LogP) is 2.51. The Morgan fingerprint density at radius 3 is 2.87 bits per heavy atom. The van der Waals surface area contributed by atoms with Crippen molar-refractivity contribution in [3.8, 4) is 0 Å². The molecule has 0 aromatic heterocycles. The molecule has 0 spiro atoms. The van der Waals surface area contributed by atoms with Crippen LogP contribution in [0.2, 0.25) is 0 Å². The maximum Gasteiger partial charge on any atom is 0.321 e. The summed E-state index contributed by atoms with van der Waals surface area (Å²) in [6.07, 6.45) is 0. The van der Waals surface area contributed by atoms with Crippen molar-refractivity contribution in [3.05, 3.63) is 22.7 Å². The van der Waals surface area contributed by atoms with Crippen molar-refractivity contribution >= 4 is 33.3 Å². The van der Waals surface area contributed by atoms with E-state index in [1.807, 2.05) is 6.92 Å². The van der Waals surface area contributed by atoms with Gasteiger partial charge in [-0.3, -0.25) is 0 Å². The second kappa shape index (κ2) is 5.02. The van der Waals surface area contributed by atoms with Gasteiger partial charge >= 0.3 is 6.03 Å². The standard InChI is InChI=1S/C10H14BrN3O/c1-3-14(2)10(15)13-9-6-7(12)4-5-8(9)11/h4-6H,3,12H2,1-2H3,(H,13,15). The predicted molar refractivity (Wildman–Crippen MR) is 65.9 cm³/mol. The summed E-state index contributed by atoms with van der Waals surface area (Å²) in [5.74, 6) is 0. The average Bonchev–Trinajstić information content (AvgIpc) is 2.22. The molecule has 0 radical (unpaired) electrons. The topological polar surface area (TPSA) is 58.4 Å². The van der Waals surface area contributed by atoms with Crippen LogP contribution in [-0.2, 0) is 0 Å². The number of nitrogens with two attached hydrogens (primary N) is 1. The molecule has 0 fully saturated rings. The minimum absolute atomic E-state index is 0.149. The molecule has 3 N–H and O–H groups in total. The van der Waals surface area contributed by atoms with Gasteiger partial charge in [0.15, 0.2) is 0 Å². The molecule has 1 aromatic rings. The number of rotatable bonds is 2. The van der Waals surface area contributed by atoms with Gasteiger partial charge in [0, 0.05) is 23.8 Å². The summed E-state index contributed by atoms with van der Waals surface area (Å²) in [6, 6.07) is 5.13. The first-order valence-electron chi connectivity index (χ1n) is 4.61. The number of nitrogen functional groups attached to an aromatic ring is 1. The van der Waals surface area contributed by atoms with Gasteiger partial charge in [-0.1, -0.05) is 0 Å². The fourth-order valence-electron chi connectivity index (χ4n) is 0.993. The van der Waals surface area contributed by atoms with Crippen molar-refractivity contribution in [1.29, 1.82) is 0 Å². The van der Waals surface area contributed by atoms with Crippen LogP contribution in [0.15, 0.2) is 22.7 Å². The first kappa shape index (κ1) is 11.8. The summed E-state index contributed by atoms with van der Waals surface area (Å²) in [5.41, 5.74) is 6.93. The summed E-state index contributed by atoms with van der Waals surface area (Å²) in [5, 5.41) is 2.76. The van der Waals surface area contributed by atoms with Gasteiger partial charge in [0.2, 0.25) is 0 Å². The third-order valence-corrected chi connectivity index (χ3v) is 2.74. The number of urea groups is 1. The second-order valence-electron chi connectivity index (χ2n) is 3.18. The van der Waals surface area contributed by atoms with Crippen LogP contribution < -0.4 is 11.1 Å². The highest BCUT2D eigenvalue weighted by Crippen LogP contribution is 2.24. The maximum absolute atomic E-state index is 11.6. The number of carbonyl (C=O) groups is 1. The summed E-state index contributed by atoms with van der Waals surface area (Å²) < 4.78 is 0.814. The van der Waals surface area contributed by atoms with Gasteiger partial charge in [-0.15, -0.1) is 0 Å². The number of hydrogen-bond acceptors (Lipinski definition) is 2. The Bertz CT molecular complexity index is 368. The zero-order valence-electron chi connectivity index (χ0n) is 8.75. The highest BCUT2D eigenvalue weighted by atomic mass is 79.9. The van der Waals surface area contributed by atoms with E-state index in [0.717, 1.165) is 4.47 Å². The van der Waals surface area contributed by atoms with Gasteiger partial charge in [-0.2, -0.15) is 0 Å². The molecule has 5 heteroatoms. The summed E-state index contributed by atoms with van der Waals surface area (Å²) >= 11 is 3.34. The van der Waals surface area contributed by atoms with Gasteiger partial charge in [0.1, 0.15) is 0 Å². The van der Waals surface area contributed by atoms with Crippen molar-refractivity contribution < 1.29 is 4.79 Å². The van der Waals surface area contributed by atoms with Crippen molar-refractivity contribution in [2.45, 2.75) is 6.92 Å². The molecular formula is C10H14BrN3O. The smallest absolute Gasteiger partial charge is 0.321 e. The third-order valence-electron chi connectivity index (χ3n) is 2.05. The van der Waals surface area contributed by atoms with Crippen LogP contribution in [0.1, 0.15) is 6.92 Å². The number of hydrogen-bond donors (Lipinski definition) is 2. The van der Waals surface area contributed by atoms with Gasteiger partial charge in [-0.25, -0.2) is 4.79 Å². The minimum atomic E-state index is -0.149. The minimum Gasteiger partial charge on any atom is -0.399 e. The number of halogens is 1. The van der Waals surface area contributed by atoms with E-state index in [1.54, 1.807) is 30.1 Å². The summed E-state index contributed by atoms with van der Waals surface area (Å²) in [7, 11) is 1.73. The maximum atomic E-state index is 11.6. The number of nitrogens with zero attached hydrogens (tertiary/aromatic N) is 1. The highest BCUT2D eigenvalue weighted by Gasteiger charge is 2.08. The van der Waals surface area contributed by atoms with Crippen molar-refractivity contribution in [2.24, 2.45) is 0 Å². The number of nitrogens with one attached hydrogen (secondary N) is 1. The van der Waals surface area contributed by atoms with Crippen molar-refractivity contribution in [3.63, 3.8) is 0 Å². The lowest BCUT2D eigenvalue weighted by Crippen LogP contribution is -2.31. The number of carbonyl (C=O) groups excluding carboxylic acids is 1. The molecule has 0 atom stereocenters. The molecule has 15 heavy (non-hydrogen) atoms. The molecule has 1 aromatic carbocycles. The van der Waals surface area contributed by atoms with Gasteiger partial charge in [-0.05, 0) is 41.1 Å². The highest BCUT2D eigenvalue weighted by molar-refractivity contribution is 9.10. The van der Waals surface area contributed by atoms with E-state index < -0.39 is 0 Å². The molecule has 0 aliphatic heterocycles. The van der Waals surface area contributed by atoms with E-state index in [2.05, 4.69) is 21.2 Å². The molecule has 0 aliphatic rings. The summed E-state index contributed by atoms with van der Waals surface area (Å²) in [6.45, 7) is 2.57. The van der Waals surface area contributed by atoms with Crippen molar-refractivity contribution in [2.75, 3.05) is 24.6 Å². The lowest BCUT2D eigenvalue weighted by molar-refractivity contribution is 0.224. The molecule has 1 rings (SSSR count). The van der Waals surface area contributed by atoms with Crippen LogP contribution in [0.5, 0.6) is 0 Å². The average molecular weight is 272 g/mol.